The molecule has 2 N–H and O–H groups in total. The Morgan fingerprint density at radius 3 is 2.93 bits per heavy atom. The smallest absolute Gasteiger partial charge is 0.160 e. The Labute approximate surface area is 88.5 Å². The van der Waals surface area contributed by atoms with Gasteiger partial charge in [0.1, 0.15) is 0 Å². The zero-order valence-electron chi connectivity index (χ0n) is 8.35. The molecule has 1 aromatic heterocycles. The van der Waals surface area contributed by atoms with E-state index in [0.717, 1.165) is 12.8 Å². The van der Waals surface area contributed by atoms with E-state index in [0.29, 0.717) is 24.3 Å². The summed E-state index contributed by atoms with van der Waals surface area (Å²) in [5, 5.41) is 3.19. The maximum absolute atomic E-state index is 11.7. The van der Waals surface area contributed by atoms with E-state index in [-0.39, 0.29) is 11.0 Å². The third-order valence-corrected chi connectivity index (χ3v) is 5.08. The highest BCUT2D eigenvalue weighted by Gasteiger charge is 2.30. The van der Waals surface area contributed by atoms with Gasteiger partial charge in [0.05, 0.1) is 22.9 Å². The number of sulfone groups is 1. The Bertz CT molecular complexity index is 438. The molecular weight excluding hydrogens is 216 g/mol. The van der Waals surface area contributed by atoms with Gasteiger partial charge in [0, 0.05) is 6.42 Å². The first-order chi connectivity index (χ1) is 7.09. The molecule has 0 amide bonds. The van der Waals surface area contributed by atoms with E-state index in [4.69, 9.17) is 10.3 Å². The maximum atomic E-state index is 11.7. The van der Waals surface area contributed by atoms with Crippen molar-refractivity contribution in [2.75, 3.05) is 11.5 Å². The Hall–Kier alpha value is -1.04. The Morgan fingerprint density at radius 1 is 1.53 bits per heavy atom. The average Bonchev–Trinajstić information content (AvgIpc) is 2.56. The molecule has 1 atom stereocenters. The number of hydrogen-bond donors (Lipinski definition) is 1. The lowest BCUT2D eigenvalue weighted by Crippen LogP contribution is -2.30. The van der Waals surface area contributed by atoms with E-state index in [1.165, 1.54) is 6.20 Å². The van der Waals surface area contributed by atoms with E-state index >= 15 is 0 Å². The van der Waals surface area contributed by atoms with Crippen molar-refractivity contribution in [2.24, 2.45) is 0 Å². The topological polar surface area (TPSA) is 86.2 Å². The average molecular weight is 230 g/mol. The highest BCUT2D eigenvalue weighted by molar-refractivity contribution is 7.92. The third kappa shape index (κ3) is 2.14. The molecule has 6 heteroatoms. The van der Waals surface area contributed by atoms with Crippen LogP contribution >= 0.6 is 0 Å². The molecule has 2 heterocycles. The first-order valence-electron chi connectivity index (χ1n) is 5.00. The van der Waals surface area contributed by atoms with Gasteiger partial charge in [-0.05, 0) is 12.8 Å². The second-order valence-corrected chi connectivity index (χ2v) is 6.29. The van der Waals surface area contributed by atoms with Crippen LogP contribution < -0.4 is 5.73 Å². The lowest BCUT2D eigenvalue weighted by Gasteiger charge is -2.20. The van der Waals surface area contributed by atoms with Gasteiger partial charge in [-0.1, -0.05) is 11.6 Å². The Balaban J connectivity index is 2.15. The summed E-state index contributed by atoms with van der Waals surface area (Å²) in [5.74, 6) is 0.775. The van der Waals surface area contributed by atoms with E-state index in [1.54, 1.807) is 0 Å². The number of aromatic nitrogens is 1. The second-order valence-electron chi connectivity index (χ2n) is 3.89. The number of nitrogens with zero attached hydrogens (tertiary/aromatic N) is 1. The predicted molar refractivity (Wildman–Crippen MR) is 56.0 cm³/mol. The third-order valence-electron chi connectivity index (χ3n) is 2.80. The summed E-state index contributed by atoms with van der Waals surface area (Å²) >= 11 is 0. The molecule has 0 saturated carbocycles. The highest BCUT2D eigenvalue weighted by Crippen LogP contribution is 2.24. The van der Waals surface area contributed by atoms with Crippen LogP contribution in [0.1, 0.15) is 25.0 Å². The maximum Gasteiger partial charge on any atom is 0.160 e. The summed E-state index contributed by atoms with van der Waals surface area (Å²) in [5.41, 5.74) is 6.04. The number of hydrogen-bond acceptors (Lipinski definition) is 5. The number of anilines is 1. The fraction of sp³-hybridized carbons (Fsp3) is 0.667. The summed E-state index contributed by atoms with van der Waals surface area (Å²) in [6, 6.07) is 0. The molecule has 1 aromatic rings. The van der Waals surface area contributed by atoms with Gasteiger partial charge in [-0.15, -0.1) is 0 Å². The van der Waals surface area contributed by atoms with Crippen LogP contribution in [0.25, 0.3) is 0 Å². The second kappa shape index (κ2) is 3.84. The molecule has 1 unspecified atom stereocenters. The minimum Gasteiger partial charge on any atom is -0.395 e. The molecule has 15 heavy (non-hydrogen) atoms. The fourth-order valence-electron chi connectivity index (χ4n) is 1.88. The van der Waals surface area contributed by atoms with E-state index in [1.807, 2.05) is 0 Å². The first kappa shape index (κ1) is 10.5. The lowest BCUT2D eigenvalue weighted by molar-refractivity contribution is 0.377. The summed E-state index contributed by atoms with van der Waals surface area (Å²) in [7, 11) is -2.96. The zero-order valence-corrected chi connectivity index (χ0v) is 9.16. The molecule has 1 fully saturated rings. The lowest BCUT2D eigenvalue weighted by atomic mass is 10.1. The standard InChI is InChI=1S/C9H14N2O3S/c10-8-6-11-14-9(8)5-7-3-1-2-4-15(7,12)13/h6-7H,1-5,10H2. The van der Waals surface area contributed by atoms with Crippen molar-refractivity contribution in [1.29, 1.82) is 0 Å². The normalized spacial score (nSPS) is 25.2. The molecule has 0 aliphatic carbocycles. The molecule has 0 bridgehead atoms. The van der Waals surface area contributed by atoms with E-state index in [2.05, 4.69) is 5.16 Å². The minimum atomic E-state index is -2.96. The molecular formula is C9H14N2O3S. The van der Waals surface area contributed by atoms with Gasteiger partial charge in [-0.25, -0.2) is 8.42 Å². The van der Waals surface area contributed by atoms with Crippen LogP contribution in [0.15, 0.2) is 10.7 Å². The molecule has 0 radical (unpaired) electrons. The van der Waals surface area contributed by atoms with Crippen molar-refractivity contribution in [3.63, 3.8) is 0 Å². The van der Waals surface area contributed by atoms with Crippen molar-refractivity contribution in [2.45, 2.75) is 30.9 Å². The summed E-state index contributed by atoms with van der Waals surface area (Å²) in [6.45, 7) is 0. The monoisotopic (exact) mass is 230 g/mol. The molecule has 0 spiro atoms. The van der Waals surface area contributed by atoms with Crippen molar-refractivity contribution in [3.8, 4) is 0 Å². The van der Waals surface area contributed by atoms with Crippen molar-refractivity contribution >= 4 is 15.5 Å². The van der Waals surface area contributed by atoms with Crippen LogP contribution in [-0.4, -0.2) is 24.6 Å². The van der Waals surface area contributed by atoms with Gasteiger partial charge in [-0.2, -0.15) is 0 Å². The molecule has 2 rings (SSSR count). The van der Waals surface area contributed by atoms with Gasteiger partial charge in [0.25, 0.3) is 0 Å². The molecule has 1 aliphatic rings. The highest BCUT2D eigenvalue weighted by atomic mass is 32.2. The largest absolute Gasteiger partial charge is 0.395 e. The molecule has 5 nitrogen and oxygen atoms in total. The van der Waals surface area contributed by atoms with E-state index < -0.39 is 9.84 Å². The van der Waals surface area contributed by atoms with Gasteiger partial charge >= 0.3 is 0 Å². The summed E-state index contributed by atoms with van der Waals surface area (Å²) < 4.78 is 28.4. The molecule has 1 aliphatic heterocycles. The van der Waals surface area contributed by atoms with Crippen LogP contribution in [0.4, 0.5) is 5.69 Å². The van der Waals surface area contributed by atoms with Crippen LogP contribution in [0, 0.1) is 0 Å². The summed E-state index contributed by atoms with van der Waals surface area (Å²) in [6.07, 6.45) is 4.18. The van der Waals surface area contributed by atoms with Gasteiger partial charge in [0.15, 0.2) is 15.6 Å². The SMILES string of the molecule is Nc1cnoc1CC1CCCCS1(=O)=O. The van der Waals surface area contributed by atoms with Crippen LogP contribution in [0.2, 0.25) is 0 Å². The van der Waals surface area contributed by atoms with Gasteiger partial charge in [0.2, 0.25) is 0 Å². The summed E-state index contributed by atoms with van der Waals surface area (Å²) in [4.78, 5) is 0. The first-order valence-corrected chi connectivity index (χ1v) is 6.72. The Kier molecular flexibility index (Phi) is 2.68. The zero-order chi connectivity index (χ0) is 10.9. The number of nitrogens with two attached hydrogens (primary N) is 1. The quantitative estimate of drug-likeness (QED) is 0.810. The molecule has 84 valence electrons. The van der Waals surface area contributed by atoms with Crippen molar-refractivity contribution < 1.29 is 12.9 Å². The van der Waals surface area contributed by atoms with Crippen LogP contribution in [0.3, 0.4) is 0 Å². The van der Waals surface area contributed by atoms with Gasteiger partial charge in [-0.3, -0.25) is 0 Å². The Morgan fingerprint density at radius 2 is 2.33 bits per heavy atom. The van der Waals surface area contributed by atoms with Crippen molar-refractivity contribution in [1.82, 2.24) is 5.16 Å². The van der Waals surface area contributed by atoms with Crippen LogP contribution in [0.5, 0.6) is 0 Å². The van der Waals surface area contributed by atoms with Gasteiger partial charge < -0.3 is 10.3 Å². The predicted octanol–water partition coefficient (Wildman–Crippen LogP) is 0.767. The van der Waals surface area contributed by atoms with Crippen LogP contribution in [-0.2, 0) is 16.3 Å². The fourth-order valence-corrected chi connectivity index (χ4v) is 3.75. The minimum absolute atomic E-state index is 0.283. The molecule has 0 aromatic carbocycles. The number of rotatable bonds is 2. The van der Waals surface area contributed by atoms with E-state index in [9.17, 15) is 8.42 Å². The van der Waals surface area contributed by atoms with Crippen molar-refractivity contribution in [3.05, 3.63) is 12.0 Å². The molecule has 1 saturated heterocycles. The number of nitrogen functional groups attached to an aromatic ring is 1.